The van der Waals surface area contributed by atoms with E-state index >= 15 is 0 Å². The van der Waals surface area contributed by atoms with Crippen LogP contribution in [-0.4, -0.2) is 30.0 Å². The second kappa shape index (κ2) is 31.9. The number of aromatic nitrogens is 4. The first-order valence-electron chi connectivity index (χ1n) is 17.4. The lowest BCUT2D eigenvalue weighted by atomic mass is 9.92. The van der Waals surface area contributed by atoms with Crippen molar-refractivity contribution < 1.29 is 9.90 Å². The molecule has 47 heavy (non-hydrogen) atoms. The standard InChI is InChI=1S/C15H18N2O.C14H14N2O.6C2H6/c1-12(9-13-7-5-4-6-8-13)15(2,18)14-10-16-11-17(14)3;1-11(8-12-6-4-3-5-7-12)14(17)13-9-15-10-16(13)2;6*1-2/h4-11,18H,1-3H3;3-10H,1-2H3;6*1-2H3/b12-9+;11-8+;;;;;;. The fourth-order valence-corrected chi connectivity index (χ4v) is 3.61. The summed E-state index contributed by atoms with van der Waals surface area (Å²) in [6.45, 7) is 29.5. The van der Waals surface area contributed by atoms with Gasteiger partial charge in [-0.15, -0.1) is 0 Å². The van der Waals surface area contributed by atoms with Gasteiger partial charge >= 0.3 is 0 Å². The first kappa shape index (κ1) is 49.8. The van der Waals surface area contributed by atoms with Crippen LogP contribution in [0.2, 0.25) is 0 Å². The van der Waals surface area contributed by atoms with Gasteiger partial charge in [0.05, 0.1) is 30.7 Å². The molecule has 1 N–H and O–H groups in total. The quantitative estimate of drug-likeness (QED) is 0.167. The number of benzene rings is 2. The maximum atomic E-state index is 12.1. The van der Waals surface area contributed by atoms with E-state index in [0.717, 1.165) is 22.4 Å². The van der Waals surface area contributed by atoms with Crippen molar-refractivity contribution in [2.45, 2.75) is 109 Å². The molecule has 0 amide bonds. The number of rotatable bonds is 6. The van der Waals surface area contributed by atoms with Gasteiger partial charge < -0.3 is 14.2 Å². The zero-order chi connectivity index (χ0) is 37.4. The van der Waals surface area contributed by atoms with E-state index in [0.29, 0.717) is 11.3 Å². The summed E-state index contributed by atoms with van der Waals surface area (Å²) < 4.78 is 3.56. The van der Waals surface area contributed by atoms with Crippen molar-refractivity contribution in [3.63, 3.8) is 0 Å². The Bertz CT molecular complexity index is 1320. The lowest BCUT2D eigenvalue weighted by molar-refractivity contribution is 0.0907. The molecule has 2 heterocycles. The molecule has 0 spiro atoms. The third kappa shape index (κ3) is 18.6. The molecular formula is C41H68N4O2. The minimum atomic E-state index is -1.01. The van der Waals surface area contributed by atoms with Crippen LogP contribution in [0.5, 0.6) is 0 Å². The Kier molecular flexibility index (Phi) is 33.9. The van der Waals surface area contributed by atoms with Gasteiger partial charge in [-0.3, -0.25) is 4.79 Å². The van der Waals surface area contributed by atoms with Crippen molar-refractivity contribution >= 4 is 17.9 Å². The summed E-state index contributed by atoms with van der Waals surface area (Å²) in [6, 6.07) is 19.8. The topological polar surface area (TPSA) is 72.9 Å². The third-order valence-corrected chi connectivity index (χ3v) is 5.86. The van der Waals surface area contributed by atoms with Gasteiger partial charge in [0.2, 0.25) is 5.78 Å². The van der Waals surface area contributed by atoms with E-state index in [4.69, 9.17) is 0 Å². The van der Waals surface area contributed by atoms with Crippen LogP contribution < -0.4 is 0 Å². The van der Waals surface area contributed by atoms with Gasteiger partial charge in [-0.2, -0.15) is 0 Å². The molecule has 0 saturated carbocycles. The Hall–Kier alpha value is -4.03. The van der Waals surface area contributed by atoms with Crippen LogP contribution in [0.4, 0.5) is 0 Å². The van der Waals surface area contributed by atoms with Crippen molar-refractivity contribution in [1.82, 2.24) is 19.1 Å². The first-order valence-corrected chi connectivity index (χ1v) is 17.4. The van der Waals surface area contributed by atoms with E-state index < -0.39 is 5.60 Å². The number of Topliss-reactive ketones (excluding diaryl/α,β-unsaturated/α-hetero) is 1. The number of allylic oxidation sites excluding steroid dienone is 1. The summed E-state index contributed by atoms with van der Waals surface area (Å²) in [6.07, 6.45) is 10.5. The smallest absolute Gasteiger partial charge is 0.206 e. The normalized spacial score (nSPS) is 10.9. The van der Waals surface area contributed by atoms with Crippen molar-refractivity contribution in [2.24, 2.45) is 14.1 Å². The molecule has 4 rings (SSSR count). The van der Waals surface area contributed by atoms with Crippen LogP contribution in [0.15, 0.2) is 96.9 Å². The molecule has 0 aliphatic rings. The van der Waals surface area contributed by atoms with Crippen LogP contribution in [-0.2, 0) is 19.7 Å². The molecule has 2 aromatic carbocycles. The average molecular weight is 649 g/mol. The van der Waals surface area contributed by atoms with E-state index in [2.05, 4.69) is 9.97 Å². The summed E-state index contributed by atoms with van der Waals surface area (Å²) >= 11 is 0. The Morgan fingerprint density at radius 2 is 1.02 bits per heavy atom. The van der Waals surface area contributed by atoms with Gasteiger partial charge in [-0.25, -0.2) is 9.97 Å². The summed E-state index contributed by atoms with van der Waals surface area (Å²) in [5, 5.41) is 10.7. The Morgan fingerprint density at radius 3 is 1.38 bits per heavy atom. The number of carbonyl (C=O) groups is 1. The van der Waals surface area contributed by atoms with E-state index in [1.807, 2.05) is 188 Å². The zero-order valence-corrected chi connectivity index (χ0v) is 32.9. The second-order valence-corrected chi connectivity index (χ2v) is 8.66. The fourth-order valence-electron chi connectivity index (χ4n) is 3.61. The van der Waals surface area contributed by atoms with Gasteiger partial charge in [0.25, 0.3) is 0 Å². The number of imidazole rings is 2. The van der Waals surface area contributed by atoms with Crippen molar-refractivity contribution in [1.29, 1.82) is 0 Å². The molecular weight excluding hydrogens is 580 g/mol. The Labute approximate surface area is 289 Å². The van der Waals surface area contributed by atoms with Crippen LogP contribution in [0, 0.1) is 0 Å². The number of hydrogen-bond acceptors (Lipinski definition) is 4. The van der Waals surface area contributed by atoms with Crippen molar-refractivity contribution in [3.05, 3.63) is 119 Å². The van der Waals surface area contributed by atoms with Crippen molar-refractivity contribution in [3.8, 4) is 0 Å². The van der Waals surface area contributed by atoms with E-state index in [1.54, 1.807) is 36.5 Å². The Balaban J connectivity index is -0.000000299. The SMILES string of the molecule is C/C(=C\c1ccccc1)C(=O)c1cncn1C.C/C(=C\c1ccccc1)C(C)(O)c1cncn1C.CC.CC.CC.CC.CC.CC. The summed E-state index contributed by atoms with van der Waals surface area (Å²) in [7, 11) is 3.70. The van der Waals surface area contributed by atoms with Crippen LogP contribution in [0.3, 0.4) is 0 Å². The summed E-state index contributed by atoms with van der Waals surface area (Å²) in [5.74, 6) is 0.00820. The summed E-state index contributed by atoms with van der Waals surface area (Å²) in [4.78, 5) is 20.1. The zero-order valence-electron chi connectivity index (χ0n) is 32.9. The van der Waals surface area contributed by atoms with Gasteiger partial charge in [-0.05, 0) is 49.1 Å². The molecule has 0 aliphatic carbocycles. The number of ketones is 1. The fraction of sp³-hybridized carbons (Fsp3) is 0.439. The number of aryl methyl sites for hydroxylation is 2. The third-order valence-electron chi connectivity index (χ3n) is 5.86. The molecule has 2 aromatic heterocycles. The summed E-state index contributed by atoms with van der Waals surface area (Å²) in [5.41, 5.74) is 4.08. The number of nitrogens with zero attached hydrogens (tertiary/aromatic N) is 4. The lowest BCUT2D eigenvalue weighted by Gasteiger charge is -2.25. The monoisotopic (exact) mass is 649 g/mol. The molecule has 6 heteroatoms. The Morgan fingerprint density at radius 1 is 0.638 bits per heavy atom. The number of carbonyl (C=O) groups excluding carboxylic acids is 1. The molecule has 0 radical (unpaired) electrons. The van der Waals surface area contributed by atoms with E-state index in [1.165, 1.54) is 0 Å². The van der Waals surface area contributed by atoms with Crippen molar-refractivity contribution in [2.75, 3.05) is 0 Å². The molecule has 264 valence electrons. The van der Waals surface area contributed by atoms with E-state index in [-0.39, 0.29) is 5.78 Å². The maximum Gasteiger partial charge on any atom is 0.206 e. The molecule has 1 unspecified atom stereocenters. The van der Waals surface area contributed by atoms with Gasteiger partial charge in [0.15, 0.2) is 0 Å². The predicted molar refractivity (Wildman–Crippen MR) is 209 cm³/mol. The highest BCUT2D eigenvalue weighted by atomic mass is 16.3. The van der Waals surface area contributed by atoms with Gasteiger partial charge in [0, 0.05) is 14.1 Å². The number of hydrogen-bond donors (Lipinski definition) is 1. The number of aliphatic hydroxyl groups is 1. The molecule has 0 saturated heterocycles. The predicted octanol–water partition coefficient (Wildman–Crippen LogP) is 11.6. The van der Waals surface area contributed by atoms with Gasteiger partial charge in [0.1, 0.15) is 11.3 Å². The lowest BCUT2D eigenvalue weighted by Crippen LogP contribution is -2.25. The van der Waals surface area contributed by atoms with Crippen LogP contribution in [0.1, 0.15) is 131 Å². The largest absolute Gasteiger partial charge is 0.379 e. The minimum Gasteiger partial charge on any atom is -0.379 e. The second-order valence-electron chi connectivity index (χ2n) is 8.66. The molecule has 0 fully saturated rings. The molecule has 6 nitrogen and oxygen atoms in total. The molecule has 1 atom stereocenters. The minimum absolute atomic E-state index is 0.00820. The molecule has 0 bridgehead atoms. The maximum absolute atomic E-state index is 12.1. The average Bonchev–Trinajstić information content (AvgIpc) is 3.79. The van der Waals surface area contributed by atoms with E-state index in [9.17, 15) is 9.90 Å². The molecule has 4 aromatic rings. The van der Waals surface area contributed by atoms with Crippen LogP contribution >= 0.6 is 0 Å². The van der Waals surface area contributed by atoms with Gasteiger partial charge in [-0.1, -0.05) is 150 Å². The highest BCUT2D eigenvalue weighted by molar-refractivity contribution is 6.09. The van der Waals surface area contributed by atoms with Crippen LogP contribution in [0.25, 0.3) is 12.2 Å². The highest BCUT2D eigenvalue weighted by Crippen LogP contribution is 2.29. The highest BCUT2D eigenvalue weighted by Gasteiger charge is 2.28. The first-order chi connectivity index (χ1) is 22.7. The molecule has 0 aliphatic heterocycles.